The molecule has 0 heterocycles. The molecule has 0 amide bonds. The van der Waals surface area contributed by atoms with Crippen LogP contribution in [0.3, 0.4) is 0 Å². The van der Waals surface area contributed by atoms with Crippen LogP contribution in [-0.2, 0) is 16.4 Å². The molecule has 7 heteroatoms. The molecule has 0 aliphatic carbocycles. The molecule has 120 valence electrons. The van der Waals surface area contributed by atoms with Crippen molar-refractivity contribution in [2.24, 2.45) is 0 Å². The van der Waals surface area contributed by atoms with Gasteiger partial charge >= 0.3 is 0 Å². The fourth-order valence-electron chi connectivity index (χ4n) is 1.83. The van der Waals surface area contributed by atoms with Crippen molar-refractivity contribution in [2.45, 2.75) is 6.42 Å². The second-order valence-electron chi connectivity index (χ2n) is 4.76. The Bertz CT molecular complexity index is 834. The number of amidine groups is 1. The Morgan fingerprint density at radius 2 is 1.78 bits per heavy atom. The van der Waals surface area contributed by atoms with Crippen molar-refractivity contribution in [1.82, 2.24) is 4.72 Å². The monoisotopic (exact) mass is 368 g/mol. The van der Waals surface area contributed by atoms with Gasteiger partial charge in [-0.15, -0.1) is 0 Å². The molecular formula is C16H14Cl2N2O2S. The van der Waals surface area contributed by atoms with Gasteiger partial charge in [0.05, 0.1) is 15.5 Å². The standard InChI is InChI=1S/C16H14Cl2N2O2S/c17-14-7-6-13(10-15(14)18)8-9-23(21,22)20-16(19)11-12-4-2-1-3-5-12/h1-10H,11H2,(H2,19,20). The molecule has 0 spiro atoms. The van der Waals surface area contributed by atoms with Crippen molar-refractivity contribution in [2.75, 3.05) is 0 Å². The summed E-state index contributed by atoms with van der Waals surface area (Å²) in [5, 5.41) is 9.50. The van der Waals surface area contributed by atoms with E-state index in [4.69, 9.17) is 28.6 Å². The highest BCUT2D eigenvalue weighted by atomic mass is 35.5. The zero-order valence-corrected chi connectivity index (χ0v) is 14.3. The third-order valence-corrected chi connectivity index (χ3v) is 4.64. The summed E-state index contributed by atoms with van der Waals surface area (Å²) < 4.78 is 26.1. The Kier molecular flexibility index (Phi) is 5.82. The van der Waals surface area contributed by atoms with Crippen molar-refractivity contribution < 1.29 is 8.42 Å². The van der Waals surface area contributed by atoms with E-state index in [9.17, 15) is 8.42 Å². The molecule has 2 aromatic carbocycles. The quantitative estimate of drug-likeness (QED) is 0.615. The molecule has 0 bridgehead atoms. The Balaban J connectivity index is 2.02. The van der Waals surface area contributed by atoms with Crippen molar-refractivity contribution >= 4 is 45.1 Å². The Hall–Kier alpha value is -1.82. The first-order chi connectivity index (χ1) is 10.9. The lowest BCUT2D eigenvalue weighted by atomic mass is 10.1. The summed E-state index contributed by atoms with van der Waals surface area (Å²) in [5.74, 6) is -0.102. The number of hydrogen-bond donors (Lipinski definition) is 2. The van der Waals surface area contributed by atoms with Gasteiger partial charge < -0.3 is 0 Å². The molecule has 0 radical (unpaired) electrons. The first-order valence-corrected chi connectivity index (χ1v) is 8.93. The largest absolute Gasteiger partial charge is 0.287 e. The molecule has 0 aliphatic rings. The van der Waals surface area contributed by atoms with Crippen LogP contribution in [0.1, 0.15) is 11.1 Å². The Morgan fingerprint density at radius 3 is 2.43 bits per heavy atom. The van der Waals surface area contributed by atoms with Gasteiger partial charge in [-0.05, 0) is 29.3 Å². The van der Waals surface area contributed by atoms with Gasteiger partial charge in [0, 0.05) is 6.42 Å². The molecule has 2 rings (SSSR count). The van der Waals surface area contributed by atoms with Crippen LogP contribution >= 0.6 is 23.2 Å². The molecule has 0 saturated carbocycles. The summed E-state index contributed by atoms with van der Waals surface area (Å²) in [4.78, 5) is 0. The van der Waals surface area contributed by atoms with E-state index < -0.39 is 10.0 Å². The maximum Gasteiger partial charge on any atom is 0.255 e. The SMILES string of the molecule is N=C(Cc1ccccc1)NS(=O)(=O)C=Cc1ccc(Cl)c(Cl)c1. The number of nitrogens with one attached hydrogen (secondary N) is 2. The van der Waals surface area contributed by atoms with E-state index in [1.807, 2.05) is 30.3 Å². The number of sulfonamides is 1. The van der Waals surface area contributed by atoms with Crippen LogP contribution in [-0.4, -0.2) is 14.3 Å². The fourth-order valence-corrected chi connectivity index (χ4v) is 2.95. The first-order valence-electron chi connectivity index (χ1n) is 6.63. The molecule has 23 heavy (non-hydrogen) atoms. The minimum atomic E-state index is -3.75. The van der Waals surface area contributed by atoms with Crippen molar-refractivity contribution in [3.05, 3.63) is 75.1 Å². The average Bonchev–Trinajstić information content (AvgIpc) is 2.49. The lowest BCUT2D eigenvalue weighted by Crippen LogP contribution is -2.29. The predicted octanol–water partition coefficient (Wildman–Crippen LogP) is 4.10. The number of rotatable bonds is 5. The van der Waals surface area contributed by atoms with Gasteiger partial charge in [-0.3, -0.25) is 10.1 Å². The molecule has 0 fully saturated rings. The number of halogens is 2. The third kappa shape index (κ3) is 5.71. The van der Waals surface area contributed by atoms with Crippen LogP contribution in [0.5, 0.6) is 0 Å². The molecule has 0 atom stereocenters. The highest BCUT2D eigenvalue weighted by Gasteiger charge is 2.09. The van der Waals surface area contributed by atoms with Crippen LogP contribution in [0.2, 0.25) is 10.0 Å². The van der Waals surface area contributed by atoms with Gasteiger partial charge in [0.1, 0.15) is 5.84 Å². The predicted molar refractivity (Wildman–Crippen MR) is 95.4 cm³/mol. The normalized spacial score (nSPS) is 11.6. The molecule has 2 aromatic rings. The maximum atomic E-state index is 12.0. The summed E-state index contributed by atoms with van der Waals surface area (Å²) >= 11 is 11.7. The van der Waals surface area contributed by atoms with Gasteiger partial charge in [0.2, 0.25) is 0 Å². The second-order valence-corrected chi connectivity index (χ2v) is 7.15. The summed E-state index contributed by atoms with van der Waals surface area (Å²) in [6.07, 6.45) is 1.60. The van der Waals surface area contributed by atoms with E-state index in [-0.39, 0.29) is 12.3 Å². The zero-order valence-electron chi connectivity index (χ0n) is 12.0. The molecule has 4 nitrogen and oxygen atoms in total. The summed E-state index contributed by atoms with van der Waals surface area (Å²) in [5.41, 5.74) is 1.45. The molecule has 0 aliphatic heterocycles. The molecule has 0 unspecified atom stereocenters. The zero-order chi connectivity index (χ0) is 16.9. The van der Waals surface area contributed by atoms with Gasteiger partial charge in [-0.1, -0.05) is 59.6 Å². The van der Waals surface area contributed by atoms with Crippen LogP contribution < -0.4 is 4.72 Å². The summed E-state index contributed by atoms with van der Waals surface area (Å²) in [6.45, 7) is 0. The van der Waals surface area contributed by atoms with E-state index in [1.54, 1.807) is 18.2 Å². The van der Waals surface area contributed by atoms with Crippen LogP contribution in [0.25, 0.3) is 6.08 Å². The number of benzene rings is 2. The first kappa shape index (κ1) is 17.5. The second kappa shape index (κ2) is 7.64. The summed E-state index contributed by atoms with van der Waals surface area (Å²) in [7, 11) is -3.75. The molecular weight excluding hydrogens is 355 g/mol. The minimum Gasteiger partial charge on any atom is -0.287 e. The van der Waals surface area contributed by atoms with Gasteiger partial charge in [-0.2, -0.15) is 0 Å². The van der Waals surface area contributed by atoms with Crippen molar-refractivity contribution in [3.8, 4) is 0 Å². The summed E-state index contributed by atoms with van der Waals surface area (Å²) in [6, 6.07) is 14.0. The highest BCUT2D eigenvalue weighted by Crippen LogP contribution is 2.23. The topological polar surface area (TPSA) is 70.0 Å². The lowest BCUT2D eigenvalue weighted by molar-refractivity contribution is 0.601. The molecule has 0 saturated heterocycles. The average molecular weight is 369 g/mol. The van der Waals surface area contributed by atoms with Gasteiger partial charge in [0.15, 0.2) is 0 Å². The van der Waals surface area contributed by atoms with Crippen molar-refractivity contribution in [1.29, 1.82) is 5.41 Å². The smallest absolute Gasteiger partial charge is 0.255 e. The lowest BCUT2D eigenvalue weighted by Gasteiger charge is -2.06. The minimum absolute atomic E-state index is 0.102. The van der Waals surface area contributed by atoms with Crippen LogP contribution in [0.15, 0.2) is 53.9 Å². The van der Waals surface area contributed by atoms with Gasteiger partial charge in [0.25, 0.3) is 10.0 Å². The Labute approximate surface area is 145 Å². The maximum absolute atomic E-state index is 12.0. The number of hydrogen-bond acceptors (Lipinski definition) is 3. The van der Waals surface area contributed by atoms with E-state index >= 15 is 0 Å². The van der Waals surface area contributed by atoms with E-state index in [0.717, 1.165) is 11.0 Å². The highest BCUT2D eigenvalue weighted by molar-refractivity contribution is 7.93. The van der Waals surface area contributed by atoms with Crippen LogP contribution in [0.4, 0.5) is 0 Å². The fraction of sp³-hybridized carbons (Fsp3) is 0.0625. The Morgan fingerprint density at radius 1 is 1.09 bits per heavy atom. The van der Waals surface area contributed by atoms with Crippen molar-refractivity contribution in [3.63, 3.8) is 0 Å². The van der Waals surface area contributed by atoms with E-state index in [1.165, 1.54) is 6.08 Å². The van der Waals surface area contributed by atoms with E-state index in [2.05, 4.69) is 4.72 Å². The van der Waals surface area contributed by atoms with Crippen LogP contribution in [0, 0.1) is 5.41 Å². The third-order valence-electron chi connectivity index (χ3n) is 2.87. The molecule has 0 aromatic heterocycles. The van der Waals surface area contributed by atoms with Gasteiger partial charge in [-0.25, -0.2) is 8.42 Å². The van der Waals surface area contributed by atoms with E-state index in [0.29, 0.717) is 15.6 Å². The molecule has 2 N–H and O–H groups in total.